The fraction of sp³-hybridized carbons (Fsp3) is 0.143. The van der Waals surface area contributed by atoms with Crippen LogP contribution in [0.2, 0.25) is 0 Å². The van der Waals surface area contributed by atoms with Gasteiger partial charge in [-0.25, -0.2) is 12.8 Å². The quantitative estimate of drug-likeness (QED) is 0.670. The average Bonchev–Trinajstić information content (AvgIpc) is 1.92. The van der Waals surface area contributed by atoms with Gasteiger partial charge >= 0.3 is 0 Å². The second-order valence-electron chi connectivity index (χ2n) is 2.39. The van der Waals surface area contributed by atoms with Crippen LogP contribution in [-0.4, -0.2) is 19.8 Å². The Bertz CT molecular complexity index is 397. The number of hydrogen-bond acceptors (Lipinski definition) is 3. The summed E-state index contributed by atoms with van der Waals surface area (Å²) in [6.45, 7) is 0. The van der Waals surface area contributed by atoms with Gasteiger partial charge in [-0.1, -0.05) is 0 Å². The standard InChI is InChI=1S/C7H7FO3S/c1-12(10,11)5-2-3-6(8)7(9)4-5/h2-4,9H,1H3. The first-order chi connectivity index (χ1) is 5.41. The number of sulfone groups is 1. The molecule has 1 rings (SSSR count). The summed E-state index contributed by atoms with van der Waals surface area (Å²) < 4.78 is 34.2. The highest BCUT2D eigenvalue weighted by Crippen LogP contribution is 2.19. The molecule has 0 fully saturated rings. The molecule has 0 aliphatic rings. The maximum absolute atomic E-state index is 12.4. The molecule has 0 aliphatic heterocycles. The molecule has 0 bridgehead atoms. The molecule has 1 N–H and O–H groups in total. The molecule has 1 aromatic rings. The van der Waals surface area contributed by atoms with Crippen LogP contribution >= 0.6 is 0 Å². The minimum Gasteiger partial charge on any atom is -0.505 e. The van der Waals surface area contributed by atoms with Gasteiger partial charge in [-0.15, -0.1) is 0 Å². The van der Waals surface area contributed by atoms with Crippen molar-refractivity contribution in [2.45, 2.75) is 4.90 Å². The van der Waals surface area contributed by atoms with Crippen LogP contribution in [0.25, 0.3) is 0 Å². The summed E-state index contributed by atoms with van der Waals surface area (Å²) in [6.07, 6.45) is 0.986. The monoisotopic (exact) mass is 190 g/mol. The Morgan fingerprint density at radius 3 is 2.42 bits per heavy atom. The fourth-order valence-electron chi connectivity index (χ4n) is 0.723. The van der Waals surface area contributed by atoms with Crippen LogP contribution in [0.4, 0.5) is 4.39 Å². The van der Waals surface area contributed by atoms with Crippen molar-refractivity contribution in [2.24, 2.45) is 0 Å². The second-order valence-corrected chi connectivity index (χ2v) is 4.40. The first kappa shape index (κ1) is 8.99. The number of aromatic hydroxyl groups is 1. The molecule has 0 saturated heterocycles. The maximum atomic E-state index is 12.4. The molecule has 3 nitrogen and oxygen atoms in total. The van der Waals surface area contributed by atoms with E-state index in [1.54, 1.807) is 0 Å². The van der Waals surface area contributed by atoms with Gasteiger partial charge < -0.3 is 5.11 Å². The van der Waals surface area contributed by atoms with E-state index in [2.05, 4.69) is 0 Å². The number of halogens is 1. The Balaban J connectivity index is 3.33. The van der Waals surface area contributed by atoms with Crippen LogP contribution in [0.15, 0.2) is 23.1 Å². The zero-order valence-corrected chi connectivity index (χ0v) is 7.10. The summed E-state index contributed by atoms with van der Waals surface area (Å²) in [4.78, 5) is -0.0959. The van der Waals surface area contributed by atoms with Gasteiger partial charge in [0.15, 0.2) is 21.4 Å². The predicted octanol–water partition coefficient (Wildman–Crippen LogP) is 0.935. The zero-order chi connectivity index (χ0) is 9.35. The van der Waals surface area contributed by atoms with E-state index >= 15 is 0 Å². The Labute approximate surface area is 69.4 Å². The molecule has 0 spiro atoms. The lowest BCUT2D eigenvalue weighted by Crippen LogP contribution is -1.96. The topological polar surface area (TPSA) is 54.4 Å². The van der Waals surface area contributed by atoms with E-state index in [4.69, 9.17) is 5.11 Å². The van der Waals surface area contributed by atoms with Crippen molar-refractivity contribution in [1.82, 2.24) is 0 Å². The third-order valence-corrected chi connectivity index (χ3v) is 2.46. The van der Waals surface area contributed by atoms with Crippen molar-refractivity contribution >= 4 is 9.84 Å². The van der Waals surface area contributed by atoms with Crippen molar-refractivity contribution in [1.29, 1.82) is 0 Å². The SMILES string of the molecule is CS(=O)(=O)c1ccc(F)c(O)c1. The summed E-state index contributed by atoms with van der Waals surface area (Å²) in [5, 5.41) is 8.82. The van der Waals surface area contributed by atoms with Gasteiger partial charge in [-0.2, -0.15) is 0 Å². The zero-order valence-electron chi connectivity index (χ0n) is 6.28. The number of rotatable bonds is 1. The Kier molecular flexibility index (Phi) is 2.06. The molecule has 0 atom stereocenters. The molecular formula is C7H7FO3S. The molecule has 12 heavy (non-hydrogen) atoms. The molecule has 5 heteroatoms. The first-order valence-electron chi connectivity index (χ1n) is 3.10. The van der Waals surface area contributed by atoms with Crippen LogP contribution < -0.4 is 0 Å². The van der Waals surface area contributed by atoms with Gasteiger partial charge in [0, 0.05) is 12.3 Å². The number of phenols is 1. The fourth-order valence-corrected chi connectivity index (χ4v) is 1.36. The maximum Gasteiger partial charge on any atom is 0.175 e. The summed E-state index contributed by atoms with van der Waals surface area (Å²) in [6, 6.07) is 2.89. The number of hydrogen-bond donors (Lipinski definition) is 1. The van der Waals surface area contributed by atoms with Crippen molar-refractivity contribution in [3.8, 4) is 5.75 Å². The van der Waals surface area contributed by atoms with Crippen molar-refractivity contribution in [3.05, 3.63) is 24.0 Å². The molecular weight excluding hydrogens is 183 g/mol. The minimum atomic E-state index is -3.37. The van der Waals surface area contributed by atoms with E-state index in [9.17, 15) is 12.8 Å². The molecule has 1 aromatic carbocycles. The summed E-state index contributed by atoms with van der Waals surface area (Å²) in [7, 11) is -3.37. The largest absolute Gasteiger partial charge is 0.505 e. The van der Waals surface area contributed by atoms with Gasteiger partial charge in [0.25, 0.3) is 0 Å². The van der Waals surface area contributed by atoms with Gasteiger partial charge in [0.05, 0.1) is 4.90 Å². The minimum absolute atomic E-state index is 0.0959. The van der Waals surface area contributed by atoms with E-state index in [1.807, 2.05) is 0 Å². The molecule has 0 aromatic heterocycles. The van der Waals surface area contributed by atoms with E-state index in [1.165, 1.54) is 0 Å². The molecule has 0 heterocycles. The van der Waals surface area contributed by atoms with Crippen LogP contribution in [0, 0.1) is 5.82 Å². The summed E-state index contributed by atoms with van der Waals surface area (Å²) in [5.41, 5.74) is 0. The highest BCUT2D eigenvalue weighted by Gasteiger charge is 2.09. The van der Waals surface area contributed by atoms with Crippen LogP contribution in [-0.2, 0) is 9.84 Å². The third-order valence-electron chi connectivity index (χ3n) is 1.35. The lowest BCUT2D eigenvalue weighted by atomic mass is 10.3. The predicted molar refractivity (Wildman–Crippen MR) is 41.2 cm³/mol. The van der Waals surface area contributed by atoms with E-state index in [-0.39, 0.29) is 4.90 Å². The van der Waals surface area contributed by atoms with Gasteiger partial charge in [-0.05, 0) is 12.1 Å². The Morgan fingerprint density at radius 1 is 1.42 bits per heavy atom. The number of benzene rings is 1. The first-order valence-corrected chi connectivity index (χ1v) is 4.99. The van der Waals surface area contributed by atoms with Gasteiger partial charge in [-0.3, -0.25) is 0 Å². The molecule has 66 valence electrons. The Morgan fingerprint density at radius 2 is 2.00 bits per heavy atom. The van der Waals surface area contributed by atoms with Gasteiger partial charge in [0.1, 0.15) is 0 Å². The summed E-state index contributed by atoms with van der Waals surface area (Å²) in [5.74, 6) is -1.49. The van der Waals surface area contributed by atoms with E-state index < -0.39 is 21.4 Å². The third kappa shape index (κ3) is 1.73. The van der Waals surface area contributed by atoms with Crippen molar-refractivity contribution in [2.75, 3.05) is 6.26 Å². The molecule has 0 saturated carbocycles. The molecule has 0 radical (unpaired) electrons. The normalized spacial score (nSPS) is 11.5. The smallest absolute Gasteiger partial charge is 0.175 e. The van der Waals surface area contributed by atoms with Crippen molar-refractivity contribution < 1.29 is 17.9 Å². The van der Waals surface area contributed by atoms with Crippen LogP contribution in [0.5, 0.6) is 5.75 Å². The lowest BCUT2D eigenvalue weighted by molar-refractivity contribution is 0.430. The number of phenolic OH excluding ortho intramolecular Hbond substituents is 1. The average molecular weight is 190 g/mol. The lowest BCUT2D eigenvalue weighted by Gasteiger charge is -1.98. The van der Waals surface area contributed by atoms with E-state index in [0.717, 1.165) is 24.5 Å². The molecule has 0 aliphatic carbocycles. The highest BCUT2D eigenvalue weighted by atomic mass is 32.2. The Hall–Kier alpha value is -1.10. The van der Waals surface area contributed by atoms with Crippen molar-refractivity contribution in [3.63, 3.8) is 0 Å². The highest BCUT2D eigenvalue weighted by molar-refractivity contribution is 7.90. The van der Waals surface area contributed by atoms with Crippen LogP contribution in [0.3, 0.4) is 0 Å². The second kappa shape index (κ2) is 2.75. The molecule has 0 amide bonds. The van der Waals surface area contributed by atoms with Gasteiger partial charge in [0.2, 0.25) is 0 Å². The van der Waals surface area contributed by atoms with Crippen LogP contribution in [0.1, 0.15) is 0 Å². The van der Waals surface area contributed by atoms with E-state index in [0.29, 0.717) is 0 Å². The summed E-state index contributed by atoms with van der Waals surface area (Å²) >= 11 is 0. The molecule has 0 unspecified atom stereocenters.